The van der Waals surface area contributed by atoms with Gasteiger partial charge in [0.05, 0.1) is 12.1 Å². The Morgan fingerprint density at radius 2 is 2.06 bits per heavy atom. The number of alkyl halides is 3. The van der Waals surface area contributed by atoms with Gasteiger partial charge in [-0.25, -0.2) is 9.97 Å². The average Bonchev–Trinajstić information content (AvgIpc) is 2.16. The molecule has 7 heteroatoms. The number of halogens is 3. The predicted octanol–water partition coefficient (Wildman–Crippen LogP) is 1.38. The molecule has 0 atom stereocenters. The van der Waals surface area contributed by atoms with E-state index in [1.54, 1.807) is 0 Å². The molecule has 4 nitrogen and oxygen atoms in total. The first-order valence-corrected chi connectivity index (χ1v) is 4.73. The van der Waals surface area contributed by atoms with Crippen molar-refractivity contribution in [2.45, 2.75) is 19.0 Å². The van der Waals surface area contributed by atoms with Gasteiger partial charge in [0.1, 0.15) is 12.1 Å². The summed E-state index contributed by atoms with van der Waals surface area (Å²) in [5, 5.41) is 11.3. The molecule has 1 rings (SSSR count). The van der Waals surface area contributed by atoms with Gasteiger partial charge in [0.25, 0.3) is 0 Å². The number of aromatic nitrogens is 2. The molecule has 0 saturated heterocycles. The van der Waals surface area contributed by atoms with Crippen LogP contribution >= 0.6 is 0 Å². The summed E-state index contributed by atoms with van der Waals surface area (Å²) in [6.07, 6.45) is -3.73. The zero-order valence-electron chi connectivity index (χ0n) is 8.46. The molecule has 0 fully saturated rings. The summed E-state index contributed by atoms with van der Waals surface area (Å²) < 4.78 is 36.2. The molecule has 0 saturated carbocycles. The number of aliphatic hydroxyl groups excluding tert-OH is 1. The molecule has 1 heterocycles. The lowest BCUT2D eigenvalue weighted by molar-refractivity contribution is -0.127. The zero-order valence-corrected chi connectivity index (χ0v) is 8.46. The van der Waals surface area contributed by atoms with Crippen molar-refractivity contribution in [2.75, 3.05) is 18.5 Å². The van der Waals surface area contributed by atoms with Crippen molar-refractivity contribution in [1.29, 1.82) is 0 Å². The van der Waals surface area contributed by atoms with Crippen molar-refractivity contribution in [2.24, 2.45) is 0 Å². The molecule has 0 amide bonds. The largest absolute Gasteiger partial charge is 0.396 e. The van der Waals surface area contributed by atoms with E-state index in [1.807, 2.05) is 0 Å². The highest BCUT2D eigenvalue weighted by atomic mass is 19.4. The van der Waals surface area contributed by atoms with Crippen molar-refractivity contribution in [3.05, 3.63) is 18.1 Å². The van der Waals surface area contributed by atoms with Gasteiger partial charge in [-0.1, -0.05) is 0 Å². The average molecular weight is 235 g/mol. The normalized spacial score (nSPS) is 11.5. The third-order valence-electron chi connectivity index (χ3n) is 1.75. The molecule has 0 aliphatic carbocycles. The fourth-order valence-corrected chi connectivity index (χ4v) is 1.09. The second-order valence-electron chi connectivity index (χ2n) is 3.19. The standard InChI is InChI=1S/C9H12F3N3O/c10-9(11,12)5-7-4-8(15-6-14-7)13-2-1-3-16/h4,6,16H,1-3,5H2,(H,13,14,15). The van der Waals surface area contributed by atoms with Crippen LogP contribution in [0.1, 0.15) is 12.1 Å². The van der Waals surface area contributed by atoms with Gasteiger partial charge in [0.15, 0.2) is 0 Å². The van der Waals surface area contributed by atoms with Crippen molar-refractivity contribution in [3.63, 3.8) is 0 Å². The van der Waals surface area contributed by atoms with Crippen LogP contribution < -0.4 is 5.32 Å². The van der Waals surface area contributed by atoms with E-state index in [0.29, 0.717) is 18.8 Å². The quantitative estimate of drug-likeness (QED) is 0.757. The molecule has 0 radical (unpaired) electrons. The Morgan fingerprint density at radius 3 is 2.69 bits per heavy atom. The van der Waals surface area contributed by atoms with E-state index in [-0.39, 0.29) is 12.3 Å². The number of hydrogen-bond donors (Lipinski definition) is 2. The van der Waals surface area contributed by atoms with Crippen LogP contribution in [-0.4, -0.2) is 34.4 Å². The van der Waals surface area contributed by atoms with E-state index in [2.05, 4.69) is 15.3 Å². The molecule has 1 aromatic heterocycles. The Bertz CT molecular complexity index is 330. The zero-order chi connectivity index (χ0) is 12.0. The van der Waals surface area contributed by atoms with Crippen LogP contribution in [0.4, 0.5) is 19.0 Å². The fraction of sp³-hybridized carbons (Fsp3) is 0.556. The Morgan fingerprint density at radius 1 is 1.31 bits per heavy atom. The lowest BCUT2D eigenvalue weighted by atomic mass is 10.3. The van der Waals surface area contributed by atoms with E-state index in [0.717, 1.165) is 6.33 Å². The van der Waals surface area contributed by atoms with E-state index in [4.69, 9.17) is 5.11 Å². The van der Waals surface area contributed by atoms with Crippen molar-refractivity contribution in [1.82, 2.24) is 9.97 Å². The highest BCUT2D eigenvalue weighted by molar-refractivity contribution is 5.34. The Balaban J connectivity index is 2.57. The van der Waals surface area contributed by atoms with Gasteiger partial charge in [-0.3, -0.25) is 0 Å². The van der Waals surface area contributed by atoms with E-state index < -0.39 is 12.6 Å². The summed E-state index contributed by atoms with van der Waals surface area (Å²) in [7, 11) is 0. The number of hydrogen-bond acceptors (Lipinski definition) is 4. The van der Waals surface area contributed by atoms with Gasteiger partial charge in [-0.05, 0) is 6.42 Å². The monoisotopic (exact) mass is 235 g/mol. The topological polar surface area (TPSA) is 58.0 Å². The summed E-state index contributed by atoms with van der Waals surface area (Å²) in [5.74, 6) is 0.336. The van der Waals surface area contributed by atoms with Crippen molar-refractivity contribution in [3.8, 4) is 0 Å². The maximum atomic E-state index is 12.1. The highest BCUT2D eigenvalue weighted by Crippen LogP contribution is 2.20. The van der Waals surface area contributed by atoms with Gasteiger partial charge in [0.2, 0.25) is 0 Å². The van der Waals surface area contributed by atoms with Gasteiger partial charge >= 0.3 is 6.18 Å². The summed E-state index contributed by atoms with van der Waals surface area (Å²) in [6, 6.07) is 1.25. The summed E-state index contributed by atoms with van der Waals surface area (Å²) in [4.78, 5) is 7.30. The molecular formula is C9H12F3N3O. The molecule has 0 aliphatic heterocycles. The van der Waals surface area contributed by atoms with Crippen LogP contribution in [0.25, 0.3) is 0 Å². The van der Waals surface area contributed by atoms with Gasteiger partial charge in [-0.15, -0.1) is 0 Å². The van der Waals surface area contributed by atoms with Crippen LogP contribution in [0.3, 0.4) is 0 Å². The molecule has 0 unspecified atom stereocenters. The highest BCUT2D eigenvalue weighted by Gasteiger charge is 2.28. The first kappa shape index (κ1) is 12.7. The molecule has 0 bridgehead atoms. The Kier molecular flexibility index (Phi) is 4.48. The fourth-order valence-electron chi connectivity index (χ4n) is 1.09. The number of nitrogens with zero attached hydrogens (tertiary/aromatic N) is 2. The molecule has 90 valence electrons. The number of anilines is 1. The number of aliphatic hydroxyl groups is 1. The third kappa shape index (κ3) is 4.92. The molecule has 0 spiro atoms. The lowest BCUT2D eigenvalue weighted by Crippen LogP contribution is -2.13. The lowest BCUT2D eigenvalue weighted by Gasteiger charge is -2.07. The number of nitrogens with one attached hydrogen (secondary N) is 1. The van der Waals surface area contributed by atoms with Crippen LogP contribution in [0, 0.1) is 0 Å². The Labute approximate surface area is 90.5 Å². The van der Waals surface area contributed by atoms with Crippen molar-refractivity contribution >= 4 is 5.82 Å². The Hall–Kier alpha value is -1.37. The maximum Gasteiger partial charge on any atom is 0.394 e. The molecule has 1 aromatic rings. The molecule has 0 aromatic carbocycles. The summed E-state index contributed by atoms with van der Waals surface area (Å²) in [6.45, 7) is 0.479. The first-order valence-electron chi connectivity index (χ1n) is 4.73. The van der Waals surface area contributed by atoms with E-state index >= 15 is 0 Å². The number of rotatable bonds is 5. The van der Waals surface area contributed by atoms with Crippen LogP contribution in [0.15, 0.2) is 12.4 Å². The van der Waals surface area contributed by atoms with Crippen molar-refractivity contribution < 1.29 is 18.3 Å². The molecule has 0 aliphatic rings. The van der Waals surface area contributed by atoms with Crippen LogP contribution in [0.2, 0.25) is 0 Å². The third-order valence-corrected chi connectivity index (χ3v) is 1.75. The van der Waals surface area contributed by atoms with Crippen LogP contribution in [0.5, 0.6) is 0 Å². The molecule has 16 heavy (non-hydrogen) atoms. The van der Waals surface area contributed by atoms with Gasteiger partial charge in [-0.2, -0.15) is 13.2 Å². The molecular weight excluding hydrogens is 223 g/mol. The summed E-state index contributed by atoms with van der Waals surface area (Å²) >= 11 is 0. The second kappa shape index (κ2) is 5.64. The van der Waals surface area contributed by atoms with Crippen LogP contribution in [-0.2, 0) is 6.42 Å². The summed E-state index contributed by atoms with van der Waals surface area (Å²) in [5.41, 5.74) is -0.0750. The SMILES string of the molecule is OCCCNc1cc(CC(F)(F)F)ncn1. The minimum Gasteiger partial charge on any atom is -0.396 e. The van der Waals surface area contributed by atoms with Gasteiger partial charge in [0, 0.05) is 19.2 Å². The minimum atomic E-state index is -4.27. The predicted molar refractivity (Wildman–Crippen MR) is 52.0 cm³/mol. The van der Waals surface area contributed by atoms with Gasteiger partial charge < -0.3 is 10.4 Å². The van der Waals surface area contributed by atoms with E-state index in [1.165, 1.54) is 6.07 Å². The minimum absolute atomic E-state index is 0.0213. The van der Waals surface area contributed by atoms with E-state index in [9.17, 15) is 13.2 Å². The second-order valence-corrected chi connectivity index (χ2v) is 3.19. The maximum absolute atomic E-state index is 12.1. The first-order chi connectivity index (χ1) is 7.51. The smallest absolute Gasteiger partial charge is 0.394 e. The molecule has 2 N–H and O–H groups in total.